The Hall–Kier alpha value is -3.42. The van der Waals surface area contributed by atoms with Gasteiger partial charge in [0, 0.05) is 55.2 Å². The molecular formula is C26H30F3N4O3+. The second kappa shape index (κ2) is 11.1. The molecule has 0 radical (unpaired) electrons. The Bertz CT molecular complexity index is 1140. The zero-order chi connectivity index (χ0) is 26.5. The number of nitrogens with zero attached hydrogens (tertiary/aromatic N) is 2. The van der Waals surface area contributed by atoms with E-state index in [1.807, 2.05) is 6.07 Å². The van der Waals surface area contributed by atoms with Crippen molar-refractivity contribution in [2.75, 3.05) is 25.0 Å². The molecule has 0 bridgehead atoms. The summed E-state index contributed by atoms with van der Waals surface area (Å²) in [6, 6.07) is 16.4. The third kappa shape index (κ3) is 5.86. The van der Waals surface area contributed by atoms with Gasteiger partial charge in [-0.3, -0.25) is 9.28 Å². The van der Waals surface area contributed by atoms with Crippen LogP contribution in [0.25, 0.3) is 0 Å². The van der Waals surface area contributed by atoms with Crippen LogP contribution < -0.4 is 15.1 Å². The van der Waals surface area contributed by atoms with Crippen LogP contribution >= 0.6 is 0 Å². The molecule has 2 fully saturated rings. The fraction of sp³-hybridized carbons (Fsp3) is 0.423. The van der Waals surface area contributed by atoms with Gasteiger partial charge < -0.3 is 15.7 Å². The highest BCUT2D eigenvalue weighted by atomic mass is 19.4. The number of nitriles is 1. The molecule has 0 saturated carbocycles. The zero-order valence-electron chi connectivity index (χ0n) is 20.2. The van der Waals surface area contributed by atoms with Crippen LogP contribution in [-0.2, 0) is 4.79 Å². The van der Waals surface area contributed by atoms with E-state index in [1.165, 1.54) is 37.1 Å². The lowest BCUT2D eigenvalue weighted by atomic mass is 10.0. The summed E-state index contributed by atoms with van der Waals surface area (Å²) in [4.78, 5) is 21.5. The van der Waals surface area contributed by atoms with Gasteiger partial charge in [-0.1, -0.05) is 0 Å². The maximum Gasteiger partial charge on any atom is 0.490 e. The van der Waals surface area contributed by atoms with Crippen LogP contribution in [0.2, 0.25) is 0 Å². The number of quaternary nitrogens is 1. The summed E-state index contributed by atoms with van der Waals surface area (Å²) in [7, 11) is 0. The van der Waals surface area contributed by atoms with Gasteiger partial charge in [0.05, 0.1) is 24.2 Å². The van der Waals surface area contributed by atoms with E-state index in [0.29, 0.717) is 23.2 Å². The Kier molecular flexibility index (Phi) is 8.38. The van der Waals surface area contributed by atoms with E-state index < -0.39 is 12.1 Å². The lowest BCUT2D eigenvalue weighted by molar-refractivity contribution is -0.192. The topological polar surface area (TPSA) is 102 Å². The monoisotopic (exact) mass is 503 g/mol. The van der Waals surface area contributed by atoms with Gasteiger partial charge in [-0.25, -0.2) is 4.79 Å². The standard InChI is InChI=1S/C24H28N4O.C2HF3O2/c1-17-14-21(27-24(29)20-7-5-19(15-25)6-8-20)9-10-23(17)28(13-3-4-18(28)2)22-11-12-26-16-22;3-2(4,5)1(6)7/h5-10,14,18,22,26H,3-4,11-13,16H2,1-2H3;(H,6,7)/p+1. The average molecular weight is 504 g/mol. The molecule has 3 N–H and O–H groups in total. The summed E-state index contributed by atoms with van der Waals surface area (Å²) >= 11 is 0. The number of carbonyl (C=O) groups is 2. The highest BCUT2D eigenvalue weighted by molar-refractivity contribution is 6.04. The van der Waals surface area contributed by atoms with Gasteiger partial charge in [-0.15, -0.1) is 0 Å². The Morgan fingerprint density at radius 3 is 2.31 bits per heavy atom. The van der Waals surface area contributed by atoms with Crippen molar-refractivity contribution < 1.29 is 27.9 Å². The quantitative estimate of drug-likeness (QED) is 0.529. The van der Waals surface area contributed by atoms with Crippen molar-refractivity contribution in [1.29, 1.82) is 5.26 Å². The van der Waals surface area contributed by atoms with Crippen molar-refractivity contribution in [3.63, 3.8) is 0 Å². The van der Waals surface area contributed by atoms with Crippen LogP contribution in [-0.4, -0.2) is 54.9 Å². The van der Waals surface area contributed by atoms with Crippen LogP contribution in [0.1, 0.15) is 47.7 Å². The number of aryl methyl sites for hydroxylation is 1. The van der Waals surface area contributed by atoms with E-state index in [9.17, 15) is 18.0 Å². The molecule has 3 unspecified atom stereocenters. The number of hydrogen-bond donors (Lipinski definition) is 3. The third-order valence-electron chi connectivity index (χ3n) is 7.04. The van der Waals surface area contributed by atoms with E-state index in [1.54, 1.807) is 24.3 Å². The van der Waals surface area contributed by atoms with Crippen molar-refractivity contribution in [3.8, 4) is 6.07 Å². The van der Waals surface area contributed by atoms with Crippen molar-refractivity contribution in [3.05, 3.63) is 59.2 Å². The molecule has 1 amide bonds. The first-order valence-electron chi connectivity index (χ1n) is 11.8. The smallest absolute Gasteiger partial charge is 0.475 e. The van der Waals surface area contributed by atoms with E-state index in [0.717, 1.165) is 23.3 Å². The number of halogens is 3. The number of alkyl halides is 3. The maximum absolute atomic E-state index is 12.6. The number of benzene rings is 2. The lowest BCUT2D eigenvalue weighted by Gasteiger charge is -2.44. The van der Waals surface area contributed by atoms with Gasteiger partial charge in [0.1, 0.15) is 11.7 Å². The Morgan fingerprint density at radius 1 is 1.17 bits per heavy atom. The van der Waals surface area contributed by atoms with E-state index >= 15 is 0 Å². The highest BCUT2D eigenvalue weighted by Gasteiger charge is 2.48. The van der Waals surface area contributed by atoms with Crippen LogP contribution in [0, 0.1) is 18.3 Å². The summed E-state index contributed by atoms with van der Waals surface area (Å²) in [5.41, 5.74) is 4.56. The van der Waals surface area contributed by atoms with Gasteiger partial charge in [0.25, 0.3) is 5.91 Å². The first-order valence-corrected chi connectivity index (χ1v) is 11.8. The van der Waals surface area contributed by atoms with Crippen LogP contribution in [0.15, 0.2) is 42.5 Å². The van der Waals surface area contributed by atoms with Gasteiger partial charge >= 0.3 is 12.1 Å². The molecule has 36 heavy (non-hydrogen) atoms. The number of amides is 1. The molecule has 0 aromatic heterocycles. The van der Waals surface area contributed by atoms with E-state index in [4.69, 9.17) is 15.2 Å². The number of carboxylic acid groups (broad SMARTS) is 1. The maximum atomic E-state index is 12.6. The summed E-state index contributed by atoms with van der Waals surface area (Å²) in [6.45, 7) is 7.95. The Labute approximate surface area is 208 Å². The first kappa shape index (κ1) is 27.2. The van der Waals surface area contributed by atoms with Crippen molar-refractivity contribution in [2.24, 2.45) is 0 Å². The second-order valence-electron chi connectivity index (χ2n) is 9.24. The number of carboxylic acids is 1. The highest BCUT2D eigenvalue weighted by Crippen LogP contribution is 2.41. The van der Waals surface area contributed by atoms with Crippen molar-refractivity contribution >= 4 is 23.3 Å². The molecule has 0 spiro atoms. The third-order valence-corrected chi connectivity index (χ3v) is 7.04. The molecule has 7 nitrogen and oxygen atoms in total. The molecule has 2 aliphatic rings. The summed E-state index contributed by atoms with van der Waals surface area (Å²) in [5, 5.41) is 22.6. The molecule has 192 valence electrons. The van der Waals surface area contributed by atoms with Crippen LogP contribution in [0.4, 0.5) is 24.5 Å². The minimum atomic E-state index is -5.08. The number of nitrogens with one attached hydrogen (secondary N) is 2. The zero-order valence-corrected chi connectivity index (χ0v) is 20.2. The summed E-state index contributed by atoms with van der Waals surface area (Å²) < 4.78 is 32.8. The van der Waals surface area contributed by atoms with Crippen molar-refractivity contribution in [2.45, 2.75) is 51.4 Å². The minimum Gasteiger partial charge on any atom is -0.475 e. The normalized spacial score (nSPS) is 23.3. The molecule has 0 aliphatic carbocycles. The van der Waals surface area contributed by atoms with Gasteiger partial charge in [-0.05, 0) is 50.2 Å². The number of hydrogen-bond acceptors (Lipinski definition) is 4. The molecule has 10 heteroatoms. The van der Waals surface area contributed by atoms with Crippen LogP contribution in [0.5, 0.6) is 0 Å². The van der Waals surface area contributed by atoms with E-state index in [2.05, 4.69) is 42.7 Å². The number of likely N-dealkylation sites (tertiary alicyclic amines) is 1. The van der Waals surface area contributed by atoms with Gasteiger partial charge in [-0.2, -0.15) is 18.4 Å². The SMILES string of the molecule is Cc1cc(NC(=O)c2ccc(C#N)cc2)ccc1[N+]1(C2CCNC2)CCCC1C.O=C(O)C(F)(F)F. The number of carbonyl (C=O) groups excluding carboxylic acids is 1. The van der Waals surface area contributed by atoms with Gasteiger partial charge in [0.2, 0.25) is 0 Å². The predicted molar refractivity (Wildman–Crippen MR) is 131 cm³/mol. The molecule has 2 aromatic carbocycles. The number of rotatable bonds is 4. The summed E-state index contributed by atoms with van der Waals surface area (Å²) in [6.07, 6.45) is -1.32. The summed E-state index contributed by atoms with van der Waals surface area (Å²) in [5.74, 6) is -2.91. The molecule has 2 aliphatic heterocycles. The van der Waals surface area contributed by atoms with Crippen molar-refractivity contribution in [1.82, 2.24) is 9.80 Å². The van der Waals surface area contributed by atoms with Gasteiger partial charge in [0.15, 0.2) is 0 Å². The number of anilines is 1. The Morgan fingerprint density at radius 2 is 1.83 bits per heavy atom. The Balaban J connectivity index is 0.000000454. The minimum absolute atomic E-state index is 0.153. The molecule has 3 atom stereocenters. The lowest BCUT2D eigenvalue weighted by Crippen LogP contribution is -2.60. The molecule has 2 saturated heterocycles. The van der Waals surface area contributed by atoms with Crippen LogP contribution in [0.3, 0.4) is 0 Å². The first-order chi connectivity index (χ1) is 17.0. The number of aliphatic carboxylic acids is 1. The molecule has 2 aromatic rings. The molecular weight excluding hydrogens is 473 g/mol. The second-order valence-corrected chi connectivity index (χ2v) is 9.24. The molecule has 2 heterocycles. The molecule has 4 rings (SSSR count). The largest absolute Gasteiger partial charge is 0.490 e. The fourth-order valence-electron chi connectivity index (χ4n) is 5.33. The predicted octanol–water partition coefficient (Wildman–Crippen LogP) is 4.60. The fourth-order valence-corrected chi connectivity index (χ4v) is 5.33. The van der Waals surface area contributed by atoms with E-state index in [-0.39, 0.29) is 5.91 Å². The average Bonchev–Trinajstić information content (AvgIpc) is 3.50.